The van der Waals surface area contributed by atoms with E-state index in [1.54, 1.807) is 22.7 Å². The van der Waals surface area contributed by atoms with E-state index in [9.17, 15) is 4.79 Å². The molecule has 4 aromatic rings. The lowest BCUT2D eigenvalue weighted by atomic mass is 10.1. The lowest BCUT2D eigenvalue weighted by Gasteiger charge is -2.18. The minimum Gasteiger partial charge on any atom is -0.481 e. The third-order valence-electron chi connectivity index (χ3n) is 5.14. The number of carboxylic acid groups (broad SMARTS) is 1. The van der Waals surface area contributed by atoms with Gasteiger partial charge in [-0.1, -0.05) is 19.1 Å². The third-order valence-corrected chi connectivity index (χ3v) is 7.01. The number of aromatic nitrogens is 1. The van der Waals surface area contributed by atoms with E-state index in [0.717, 1.165) is 17.7 Å². The Labute approximate surface area is 194 Å². The minimum absolute atomic E-state index is 0.00345. The number of rotatable bonds is 13. The predicted octanol–water partition coefficient (Wildman–Crippen LogP) is 5.78. The molecule has 0 fully saturated rings. The van der Waals surface area contributed by atoms with Crippen molar-refractivity contribution < 1.29 is 24.1 Å². The number of nitrogens with zero attached hydrogens (tertiary/aromatic N) is 1. The van der Waals surface area contributed by atoms with Crippen LogP contribution in [0.4, 0.5) is 0 Å². The summed E-state index contributed by atoms with van der Waals surface area (Å²) in [5, 5.41) is 15.6. The number of carbonyl (C=O) groups is 1. The molecule has 1 atom stereocenters. The van der Waals surface area contributed by atoms with Gasteiger partial charge in [-0.2, -0.15) is 0 Å². The molecular weight excluding hydrogens is 446 g/mol. The van der Waals surface area contributed by atoms with Gasteiger partial charge in [0.25, 0.3) is 0 Å². The Morgan fingerprint density at radius 1 is 1.03 bits per heavy atom. The summed E-state index contributed by atoms with van der Waals surface area (Å²) >= 11 is 3.47. The largest absolute Gasteiger partial charge is 0.481 e. The molecule has 0 saturated carbocycles. The topological polar surface area (TPSA) is 69.9 Å². The van der Waals surface area contributed by atoms with Crippen LogP contribution in [-0.4, -0.2) is 41.6 Å². The fourth-order valence-corrected chi connectivity index (χ4v) is 5.46. The monoisotopic (exact) mass is 473 g/mol. The number of fused-ring (bicyclic) bond motifs is 3. The Morgan fingerprint density at radius 3 is 2.34 bits per heavy atom. The van der Waals surface area contributed by atoms with Gasteiger partial charge in [0.1, 0.15) is 15.4 Å². The lowest BCUT2D eigenvalue weighted by Crippen LogP contribution is -2.24. The molecule has 0 spiro atoms. The molecule has 3 aromatic heterocycles. The molecule has 32 heavy (non-hydrogen) atoms. The summed E-state index contributed by atoms with van der Waals surface area (Å²) in [6.07, 6.45) is 1.53. The van der Waals surface area contributed by atoms with E-state index in [2.05, 4.69) is 34.4 Å². The van der Waals surface area contributed by atoms with Crippen molar-refractivity contribution in [2.24, 2.45) is 0 Å². The third kappa shape index (κ3) is 5.50. The molecule has 8 heteroatoms. The van der Waals surface area contributed by atoms with Gasteiger partial charge in [-0.3, -0.25) is 9.36 Å². The first-order chi connectivity index (χ1) is 15.7. The molecular formula is C24H27NO5S2. The van der Waals surface area contributed by atoms with E-state index in [0.29, 0.717) is 26.4 Å². The number of benzene rings is 1. The summed E-state index contributed by atoms with van der Waals surface area (Å²) in [6.45, 7) is 3.77. The highest BCUT2D eigenvalue weighted by Gasteiger charge is 2.14. The van der Waals surface area contributed by atoms with Gasteiger partial charge in [0.15, 0.2) is 6.73 Å². The lowest BCUT2D eigenvalue weighted by molar-refractivity contribution is -0.138. The van der Waals surface area contributed by atoms with Crippen LogP contribution in [0.1, 0.15) is 25.3 Å². The number of aliphatic carboxylic acids is 1. The van der Waals surface area contributed by atoms with Crippen molar-refractivity contribution in [3.63, 3.8) is 0 Å². The maximum absolute atomic E-state index is 10.6. The molecule has 1 unspecified atom stereocenters. The number of hydrogen-bond acceptors (Lipinski definition) is 6. The van der Waals surface area contributed by atoms with Crippen molar-refractivity contribution >= 4 is 49.1 Å². The smallest absolute Gasteiger partial charge is 0.305 e. The van der Waals surface area contributed by atoms with Crippen molar-refractivity contribution in [2.45, 2.75) is 39.0 Å². The number of carboxylic acids is 1. The second-order valence-electron chi connectivity index (χ2n) is 7.54. The maximum atomic E-state index is 10.6. The first-order valence-electron chi connectivity index (χ1n) is 10.7. The molecule has 3 heterocycles. The zero-order chi connectivity index (χ0) is 22.3. The van der Waals surface area contributed by atoms with Crippen LogP contribution < -0.4 is 4.74 Å². The molecule has 4 rings (SSSR count). The molecule has 0 bridgehead atoms. The van der Waals surface area contributed by atoms with E-state index in [-0.39, 0.29) is 19.1 Å². The van der Waals surface area contributed by atoms with Gasteiger partial charge in [-0.05, 0) is 47.0 Å². The molecule has 0 amide bonds. The van der Waals surface area contributed by atoms with Gasteiger partial charge in [0, 0.05) is 23.8 Å². The number of hydrogen-bond donors (Lipinski definition) is 1. The van der Waals surface area contributed by atoms with Crippen molar-refractivity contribution in [1.29, 1.82) is 0 Å². The fraction of sp³-hybridized carbons (Fsp3) is 0.375. The van der Waals surface area contributed by atoms with Crippen LogP contribution in [0, 0.1) is 0 Å². The first kappa shape index (κ1) is 22.8. The Hall–Kier alpha value is -2.39. The van der Waals surface area contributed by atoms with E-state index in [4.69, 9.17) is 19.3 Å². The molecule has 0 radical (unpaired) electrons. The molecule has 0 aliphatic heterocycles. The van der Waals surface area contributed by atoms with E-state index >= 15 is 0 Å². The Bertz CT molecular complexity index is 1100. The quantitative estimate of drug-likeness (QED) is 0.249. The second kappa shape index (κ2) is 11.0. The van der Waals surface area contributed by atoms with Crippen molar-refractivity contribution in [1.82, 2.24) is 4.57 Å². The van der Waals surface area contributed by atoms with Crippen molar-refractivity contribution in [2.75, 3.05) is 19.8 Å². The number of ether oxygens (including phenoxy) is 3. The standard InChI is InChI=1S/C24H27NO5S2/c1-2-10-29-19(15-28-11-7-22(26)27)14-17-3-5-18(6-4-17)30-16-25-23-20(8-12-31-23)21-9-13-32-24(21)25/h3-6,8-9,12-13,19H,2,7,10-11,14-16H2,1H3,(H,26,27). The fourth-order valence-electron chi connectivity index (χ4n) is 3.59. The van der Waals surface area contributed by atoms with E-state index < -0.39 is 5.97 Å². The van der Waals surface area contributed by atoms with E-state index in [1.165, 1.54) is 20.4 Å². The number of thiophene rings is 2. The maximum Gasteiger partial charge on any atom is 0.305 e. The van der Waals surface area contributed by atoms with Gasteiger partial charge in [0.2, 0.25) is 0 Å². The summed E-state index contributed by atoms with van der Waals surface area (Å²) in [7, 11) is 0. The van der Waals surface area contributed by atoms with Crippen LogP contribution >= 0.6 is 22.7 Å². The zero-order valence-electron chi connectivity index (χ0n) is 18.0. The molecule has 0 aliphatic carbocycles. The normalized spacial score (nSPS) is 12.5. The van der Waals surface area contributed by atoms with Gasteiger partial charge >= 0.3 is 5.97 Å². The highest BCUT2D eigenvalue weighted by Crippen LogP contribution is 2.35. The van der Waals surface area contributed by atoms with Gasteiger partial charge in [-0.25, -0.2) is 0 Å². The second-order valence-corrected chi connectivity index (χ2v) is 9.33. The molecule has 0 aliphatic rings. The molecule has 1 N–H and O–H groups in total. The Balaban J connectivity index is 1.34. The average molecular weight is 474 g/mol. The summed E-state index contributed by atoms with van der Waals surface area (Å²) in [6, 6.07) is 12.4. The highest BCUT2D eigenvalue weighted by molar-refractivity contribution is 7.19. The Morgan fingerprint density at radius 2 is 1.72 bits per heavy atom. The van der Waals surface area contributed by atoms with Crippen LogP contribution in [0.5, 0.6) is 5.75 Å². The highest BCUT2D eigenvalue weighted by atomic mass is 32.1. The van der Waals surface area contributed by atoms with Crippen LogP contribution in [0.15, 0.2) is 47.2 Å². The van der Waals surface area contributed by atoms with Crippen LogP contribution in [0.3, 0.4) is 0 Å². The molecule has 1 aromatic carbocycles. The van der Waals surface area contributed by atoms with Gasteiger partial charge < -0.3 is 19.3 Å². The minimum atomic E-state index is -0.855. The summed E-state index contributed by atoms with van der Waals surface area (Å²) in [5.41, 5.74) is 1.13. The zero-order valence-corrected chi connectivity index (χ0v) is 19.6. The van der Waals surface area contributed by atoms with E-state index in [1.807, 2.05) is 24.3 Å². The SMILES string of the molecule is CCCOC(COCCC(=O)O)Cc1ccc(OCn2c3sccc3c3ccsc32)cc1. The molecule has 0 saturated heterocycles. The van der Waals surface area contributed by atoms with Crippen molar-refractivity contribution in [3.05, 3.63) is 52.7 Å². The van der Waals surface area contributed by atoms with Gasteiger partial charge in [-0.15, -0.1) is 22.7 Å². The summed E-state index contributed by atoms with van der Waals surface area (Å²) in [5.74, 6) is -0.0354. The molecule has 6 nitrogen and oxygen atoms in total. The summed E-state index contributed by atoms with van der Waals surface area (Å²) in [4.78, 5) is 13.1. The van der Waals surface area contributed by atoms with Crippen LogP contribution in [0.25, 0.3) is 20.4 Å². The first-order valence-corrected chi connectivity index (χ1v) is 12.5. The van der Waals surface area contributed by atoms with Gasteiger partial charge in [0.05, 0.1) is 25.7 Å². The Kier molecular flexibility index (Phi) is 7.81. The van der Waals surface area contributed by atoms with Crippen LogP contribution in [-0.2, 0) is 27.4 Å². The van der Waals surface area contributed by atoms with Crippen LogP contribution in [0.2, 0.25) is 0 Å². The summed E-state index contributed by atoms with van der Waals surface area (Å²) < 4.78 is 19.7. The average Bonchev–Trinajstić information content (AvgIpc) is 3.49. The molecule has 170 valence electrons. The van der Waals surface area contributed by atoms with Crippen molar-refractivity contribution in [3.8, 4) is 5.75 Å². The predicted molar refractivity (Wildman–Crippen MR) is 129 cm³/mol.